The molecule has 1 spiro atoms. The van der Waals surface area contributed by atoms with Crippen molar-refractivity contribution in [3.63, 3.8) is 0 Å². The quantitative estimate of drug-likeness (QED) is 0.731. The maximum Gasteiger partial charge on any atom is 0.264 e. The SMILES string of the molecule is COc1ccc2c(c1)C1(OC1(C)C)C(=O)N2. The monoisotopic (exact) mass is 219 g/mol. The van der Waals surface area contributed by atoms with Crippen molar-refractivity contribution in [2.45, 2.75) is 25.0 Å². The lowest BCUT2D eigenvalue weighted by molar-refractivity contribution is -0.120. The molecule has 1 fully saturated rings. The van der Waals surface area contributed by atoms with Gasteiger partial charge in [-0.25, -0.2) is 0 Å². The van der Waals surface area contributed by atoms with Gasteiger partial charge in [0.15, 0.2) is 0 Å². The first-order chi connectivity index (χ1) is 7.51. The number of nitrogens with one attached hydrogen (secondary N) is 1. The number of amides is 1. The Labute approximate surface area is 93.5 Å². The van der Waals surface area contributed by atoms with Gasteiger partial charge in [-0.15, -0.1) is 0 Å². The molecule has 4 heteroatoms. The molecule has 2 aliphatic heterocycles. The highest BCUT2D eigenvalue weighted by Gasteiger charge is 2.73. The summed E-state index contributed by atoms with van der Waals surface area (Å²) in [7, 11) is 1.61. The van der Waals surface area contributed by atoms with Crippen LogP contribution in [0.4, 0.5) is 5.69 Å². The van der Waals surface area contributed by atoms with E-state index in [1.165, 1.54) is 0 Å². The van der Waals surface area contributed by atoms with Crippen molar-refractivity contribution >= 4 is 11.6 Å². The van der Waals surface area contributed by atoms with Gasteiger partial charge in [-0.05, 0) is 32.0 Å². The lowest BCUT2D eigenvalue weighted by atomic mass is 9.89. The third-order valence-electron chi connectivity index (χ3n) is 3.39. The van der Waals surface area contributed by atoms with Crippen LogP contribution >= 0.6 is 0 Å². The number of methoxy groups -OCH3 is 1. The number of carbonyl (C=O) groups is 1. The van der Waals surface area contributed by atoms with Gasteiger partial charge >= 0.3 is 0 Å². The first kappa shape index (κ1) is 9.66. The molecule has 1 N–H and O–H groups in total. The summed E-state index contributed by atoms with van der Waals surface area (Å²) in [6.07, 6.45) is 0. The van der Waals surface area contributed by atoms with Gasteiger partial charge in [0, 0.05) is 11.3 Å². The number of fused-ring (bicyclic) bond motifs is 2. The molecule has 1 unspecified atom stereocenters. The fourth-order valence-electron chi connectivity index (χ4n) is 2.44. The van der Waals surface area contributed by atoms with E-state index in [0.29, 0.717) is 0 Å². The van der Waals surface area contributed by atoms with Crippen molar-refractivity contribution in [1.82, 2.24) is 0 Å². The van der Waals surface area contributed by atoms with Crippen LogP contribution in [-0.4, -0.2) is 18.6 Å². The van der Waals surface area contributed by atoms with Crippen LogP contribution in [0.3, 0.4) is 0 Å². The number of hydrogen-bond acceptors (Lipinski definition) is 3. The van der Waals surface area contributed by atoms with E-state index in [2.05, 4.69) is 5.32 Å². The zero-order valence-electron chi connectivity index (χ0n) is 9.46. The van der Waals surface area contributed by atoms with E-state index >= 15 is 0 Å². The molecule has 1 amide bonds. The third kappa shape index (κ3) is 0.906. The van der Waals surface area contributed by atoms with Crippen LogP contribution in [0.15, 0.2) is 18.2 Å². The largest absolute Gasteiger partial charge is 0.497 e. The van der Waals surface area contributed by atoms with Crippen molar-refractivity contribution < 1.29 is 14.3 Å². The molecule has 0 aliphatic carbocycles. The predicted octanol–water partition coefficient (Wildman–Crippen LogP) is 1.65. The summed E-state index contributed by atoms with van der Waals surface area (Å²) in [5.74, 6) is 0.654. The topological polar surface area (TPSA) is 50.9 Å². The van der Waals surface area contributed by atoms with E-state index in [1.807, 2.05) is 32.0 Å². The van der Waals surface area contributed by atoms with Crippen LogP contribution in [0, 0.1) is 0 Å². The Morgan fingerprint density at radius 2 is 2.06 bits per heavy atom. The average Bonchev–Trinajstić information content (AvgIpc) is 2.72. The summed E-state index contributed by atoms with van der Waals surface area (Å²) >= 11 is 0. The van der Waals surface area contributed by atoms with Gasteiger partial charge in [-0.3, -0.25) is 4.79 Å². The number of ether oxygens (including phenoxy) is 2. The zero-order chi connectivity index (χ0) is 11.6. The molecule has 1 aromatic rings. The molecular formula is C12H13NO3. The molecule has 4 nitrogen and oxygen atoms in total. The third-order valence-corrected chi connectivity index (χ3v) is 3.39. The highest BCUT2D eigenvalue weighted by atomic mass is 16.6. The highest BCUT2D eigenvalue weighted by molar-refractivity contribution is 6.08. The normalized spacial score (nSPS) is 28.8. The second-order valence-electron chi connectivity index (χ2n) is 4.66. The van der Waals surface area contributed by atoms with Gasteiger partial charge in [-0.2, -0.15) is 0 Å². The summed E-state index contributed by atoms with van der Waals surface area (Å²) < 4.78 is 10.8. The molecule has 2 aliphatic rings. The van der Waals surface area contributed by atoms with E-state index in [4.69, 9.17) is 9.47 Å². The van der Waals surface area contributed by atoms with Crippen molar-refractivity contribution in [2.24, 2.45) is 0 Å². The minimum Gasteiger partial charge on any atom is -0.497 e. The molecule has 84 valence electrons. The number of anilines is 1. The number of benzene rings is 1. The molecular weight excluding hydrogens is 206 g/mol. The summed E-state index contributed by atoms with van der Waals surface area (Å²) in [5.41, 5.74) is 0.448. The van der Waals surface area contributed by atoms with Crippen LogP contribution < -0.4 is 10.1 Å². The van der Waals surface area contributed by atoms with Crippen LogP contribution in [0.25, 0.3) is 0 Å². The lowest BCUT2D eigenvalue weighted by Crippen LogP contribution is -2.27. The molecule has 3 rings (SSSR count). The van der Waals surface area contributed by atoms with Gasteiger partial charge in [0.2, 0.25) is 5.60 Å². The highest BCUT2D eigenvalue weighted by Crippen LogP contribution is 2.60. The summed E-state index contributed by atoms with van der Waals surface area (Å²) in [5, 5.41) is 2.84. The first-order valence-corrected chi connectivity index (χ1v) is 5.21. The second-order valence-corrected chi connectivity index (χ2v) is 4.66. The van der Waals surface area contributed by atoms with Gasteiger partial charge in [0.25, 0.3) is 5.91 Å². The Balaban J connectivity index is 2.17. The molecule has 16 heavy (non-hydrogen) atoms. The van der Waals surface area contributed by atoms with Crippen LogP contribution in [0.2, 0.25) is 0 Å². The van der Waals surface area contributed by atoms with E-state index in [1.54, 1.807) is 7.11 Å². The lowest BCUT2D eigenvalue weighted by Gasteiger charge is -2.07. The minimum absolute atomic E-state index is 0.0826. The minimum atomic E-state index is -0.809. The fourth-order valence-corrected chi connectivity index (χ4v) is 2.44. The van der Waals surface area contributed by atoms with Crippen LogP contribution in [-0.2, 0) is 15.1 Å². The molecule has 2 heterocycles. The van der Waals surface area contributed by atoms with Gasteiger partial charge < -0.3 is 14.8 Å². The Hall–Kier alpha value is -1.55. The molecule has 0 bridgehead atoms. The maximum atomic E-state index is 12.0. The molecule has 1 aromatic carbocycles. The van der Waals surface area contributed by atoms with Crippen molar-refractivity contribution in [2.75, 3.05) is 12.4 Å². The van der Waals surface area contributed by atoms with Crippen LogP contribution in [0.5, 0.6) is 5.75 Å². The first-order valence-electron chi connectivity index (χ1n) is 5.21. The molecule has 1 saturated heterocycles. The summed E-state index contributed by atoms with van der Waals surface area (Å²) in [6, 6.07) is 5.54. The average molecular weight is 219 g/mol. The van der Waals surface area contributed by atoms with Gasteiger partial charge in [-0.1, -0.05) is 0 Å². The van der Waals surface area contributed by atoms with Gasteiger partial charge in [0.1, 0.15) is 11.4 Å². The van der Waals surface area contributed by atoms with E-state index in [9.17, 15) is 4.79 Å². The Kier molecular flexibility index (Phi) is 1.56. The zero-order valence-corrected chi connectivity index (χ0v) is 9.46. The van der Waals surface area contributed by atoms with E-state index in [-0.39, 0.29) is 5.91 Å². The smallest absolute Gasteiger partial charge is 0.264 e. The second kappa shape index (κ2) is 2.58. The molecule has 0 aromatic heterocycles. The van der Waals surface area contributed by atoms with Crippen molar-refractivity contribution in [3.8, 4) is 5.75 Å². The summed E-state index contributed by atoms with van der Waals surface area (Å²) in [6.45, 7) is 3.84. The fraction of sp³-hybridized carbons (Fsp3) is 0.417. The number of rotatable bonds is 1. The molecule has 0 saturated carbocycles. The number of epoxide rings is 1. The van der Waals surface area contributed by atoms with Gasteiger partial charge in [0.05, 0.1) is 7.11 Å². The summed E-state index contributed by atoms with van der Waals surface area (Å²) in [4.78, 5) is 12.0. The van der Waals surface area contributed by atoms with Crippen molar-refractivity contribution in [1.29, 1.82) is 0 Å². The van der Waals surface area contributed by atoms with Crippen LogP contribution in [0.1, 0.15) is 19.4 Å². The van der Waals surface area contributed by atoms with E-state index < -0.39 is 11.2 Å². The number of carbonyl (C=O) groups excluding carboxylic acids is 1. The maximum absolute atomic E-state index is 12.0. The Morgan fingerprint density at radius 1 is 1.38 bits per heavy atom. The van der Waals surface area contributed by atoms with Crippen molar-refractivity contribution in [3.05, 3.63) is 23.8 Å². The van der Waals surface area contributed by atoms with E-state index in [0.717, 1.165) is 17.0 Å². The Bertz CT molecular complexity index is 495. The molecule has 0 radical (unpaired) electrons. The Morgan fingerprint density at radius 3 is 2.62 bits per heavy atom. The standard InChI is InChI=1S/C12H13NO3/c1-11(2)12(16-11)8-6-7(15-3)4-5-9(8)13-10(12)14/h4-6H,1-3H3,(H,13,14). The molecule has 1 atom stereocenters. The predicted molar refractivity (Wildman–Crippen MR) is 58.5 cm³/mol. The number of hydrogen-bond donors (Lipinski definition) is 1.